The van der Waals surface area contributed by atoms with Crippen LogP contribution in [0.15, 0.2) is 34.5 Å². The highest BCUT2D eigenvalue weighted by molar-refractivity contribution is 8.48. The summed E-state index contributed by atoms with van der Waals surface area (Å²) >= 11 is 1.52. The van der Waals surface area contributed by atoms with Crippen LogP contribution in [-0.2, 0) is 31.4 Å². The van der Waals surface area contributed by atoms with E-state index in [4.69, 9.17) is 13.7 Å². The van der Waals surface area contributed by atoms with E-state index in [1.165, 1.54) is 30.6 Å². The Balaban J connectivity index is 1.53. The molecular formula is C32H46N2O6S2. The van der Waals surface area contributed by atoms with E-state index in [1.807, 2.05) is 36.1 Å². The molecule has 232 valence electrons. The van der Waals surface area contributed by atoms with Gasteiger partial charge >= 0.3 is 11.4 Å². The molecule has 0 bridgehead atoms. The quantitative estimate of drug-likeness (QED) is 0.160. The summed E-state index contributed by atoms with van der Waals surface area (Å²) in [6, 6.07) is 10.2. The van der Waals surface area contributed by atoms with Gasteiger partial charge in [-0.1, -0.05) is 70.7 Å². The molecule has 2 aromatic rings. The second-order valence-corrected chi connectivity index (χ2v) is 15.3. The average Bonchev–Trinajstić information content (AvgIpc) is 3.41. The summed E-state index contributed by atoms with van der Waals surface area (Å²) in [5.74, 6) is 1.11. The van der Waals surface area contributed by atoms with Crippen LogP contribution in [0, 0.1) is 11.8 Å². The lowest BCUT2D eigenvalue weighted by molar-refractivity contribution is -0.133. The van der Waals surface area contributed by atoms with Crippen molar-refractivity contribution in [3.8, 4) is 11.1 Å². The number of carbonyl (C=O) groups is 3. The van der Waals surface area contributed by atoms with Gasteiger partial charge in [0.1, 0.15) is 14.7 Å². The van der Waals surface area contributed by atoms with E-state index >= 15 is 0 Å². The van der Waals surface area contributed by atoms with E-state index in [9.17, 15) is 14.4 Å². The second-order valence-electron chi connectivity index (χ2n) is 11.7. The van der Waals surface area contributed by atoms with Gasteiger partial charge in [-0.3, -0.25) is 4.79 Å². The van der Waals surface area contributed by atoms with Gasteiger partial charge in [-0.25, -0.2) is 14.3 Å². The lowest BCUT2D eigenvalue weighted by atomic mass is 9.86. The summed E-state index contributed by atoms with van der Waals surface area (Å²) < 4.78 is 19.7. The number of hydrogen-bond donors (Lipinski definition) is 1. The van der Waals surface area contributed by atoms with Crippen molar-refractivity contribution < 1.29 is 28.0 Å². The van der Waals surface area contributed by atoms with Gasteiger partial charge in [0.25, 0.3) is 0 Å². The van der Waals surface area contributed by atoms with Crippen LogP contribution in [0.1, 0.15) is 82.6 Å². The lowest BCUT2D eigenvalue weighted by Crippen LogP contribution is -2.34. The summed E-state index contributed by atoms with van der Waals surface area (Å²) in [6.07, 6.45) is 8.49. The number of unbranched alkanes of at least 4 members (excludes halogenated alkanes) is 1. The van der Waals surface area contributed by atoms with Crippen molar-refractivity contribution in [2.24, 2.45) is 11.8 Å². The number of rotatable bonds is 15. The molecule has 1 aliphatic carbocycles. The molecule has 8 nitrogen and oxygen atoms in total. The van der Waals surface area contributed by atoms with E-state index in [2.05, 4.69) is 24.6 Å². The number of thiophene rings is 1. The van der Waals surface area contributed by atoms with Crippen LogP contribution in [-0.4, -0.2) is 49.1 Å². The van der Waals surface area contributed by atoms with Crippen molar-refractivity contribution in [1.82, 2.24) is 9.62 Å². The van der Waals surface area contributed by atoms with Crippen LogP contribution in [0.2, 0.25) is 0 Å². The first-order valence-electron chi connectivity index (χ1n) is 15.3. The maximum Gasteiger partial charge on any atom is 0.419 e. The molecule has 2 heterocycles. The number of nitrogens with one attached hydrogen (secondary N) is 1. The first kappa shape index (κ1) is 32.4. The van der Waals surface area contributed by atoms with Crippen LogP contribution in [0.3, 0.4) is 0 Å². The summed E-state index contributed by atoms with van der Waals surface area (Å²) in [7, 11) is -0.936. The Morgan fingerprint density at radius 3 is 2.48 bits per heavy atom. The van der Waals surface area contributed by atoms with Crippen molar-refractivity contribution in [2.45, 2.75) is 89.3 Å². The van der Waals surface area contributed by atoms with Gasteiger partial charge in [-0.2, -0.15) is 0 Å². The molecule has 2 fully saturated rings. The molecule has 1 atom stereocenters. The van der Waals surface area contributed by atoms with Crippen LogP contribution in [0.4, 0.5) is 9.59 Å². The van der Waals surface area contributed by atoms with Crippen molar-refractivity contribution >= 4 is 39.1 Å². The summed E-state index contributed by atoms with van der Waals surface area (Å²) in [5, 5.41) is -0.406. The normalized spacial score (nSPS) is 20.1. The molecule has 0 radical (unpaired) electrons. The van der Waals surface area contributed by atoms with Crippen LogP contribution in [0.5, 0.6) is 0 Å². The molecule has 1 N–H and O–H groups in total. The number of amides is 2. The number of ether oxygens (including phenoxy) is 2. The standard InChI is InChI=1S/C32H46N2O6S2/c1-5-6-17-39-31(36)33-42(32(37)40-42)30-28(21-27(41-30)19-23(2)3)26-14-12-25(13-15-26)22-34(16-18-38-4)29(35)20-24-10-8-7-9-11-24/h12-15,21,23-24H,5-11,16-20,22H2,1-4H3,(H,33,36). The molecule has 10 heteroatoms. The lowest BCUT2D eigenvalue weighted by Gasteiger charge is -2.27. The molecule has 42 heavy (non-hydrogen) atoms. The number of nitrogens with zero attached hydrogens (tertiary/aromatic N) is 1. The fourth-order valence-corrected chi connectivity index (χ4v) is 9.31. The van der Waals surface area contributed by atoms with E-state index in [-0.39, 0.29) is 5.91 Å². The predicted octanol–water partition coefficient (Wildman–Crippen LogP) is 8.23. The van der Waals surface area contributed by atoms with Gasteiger partial charge in [0.15, 0.2) is 0 Å². The third-order valence-electron chi connectivity index (χ3n) is 7.72. The monoisotopic (exact) mass is 618 g/mol. The second kappa shape index (κ2) is 15.3. The highest BCUT2D eigenvalue weighted by Gasteiger charge is 2.59. The zero-order valence-corrected chi connectivity index (χ0v) is 27.1. The molecule has 2 amide bonds. The number of hydrogen-bond acceptors (Lipinski definition) is 7. The average molecular weight is 619 g/mol. The smallest absolute Gasteiger partial charge is 0.419 e. The Morgan fingerprint density at radius 2 is 1.86 bits per heavy atom. The highest BCUT2D eigenvalue weighted by Crippen LogP contribution is 2.72. The van der Waals surface area contributed by atoms with Gasteiger partial charge < -0.3 is 18.6 Å². The summed E-state index contributed by atoms with van der Waals surface area (Å²) in [4.78, 5) is 41.5. The topological polar surface area (TPSA) is 97.5 Å². The number of carbonyl (C=O) groups excluding carboxylic acids is 3. The molecule has 1 unspecified atom stereocenters. The largest absolute Gasteiger partial charge is 0.449 e. The Hall–Kier alpha value is -2.56. The van der Waals surface area contributed by atoms with Crippen molar-refractivity contribution in [2.75, 3.05) is 26.9 Å². The van der Waals surface area contributed by atoms with E-state index in [0.29, 0.717) is 44.6 Å². The number of benzene rings is 1. The van der Waals surface area contributed by atoms with Crippen LogP contribution >= 0.6 is 21.8 Å². The fraction of sp³-hybridized carbons (Fsp3) is 0.594. The van der Waals surface area contributed by atoms with Crippen LogP contribution < -0.4 is 4.72 Å². The zero-order chi connectivity index (χ0) is 30.1. The predicted molar refractivity (Wildman–Crippen MR) is 169 cm³/mol. The molecule has 1 saturated carbocycles. The molecule has 1 aromatic carbocycles. The van der Waals surface area contributed by atoms with E-state index in [0.717, 1.165) is 57.9 Å². The molecule has 0 spiro atoms. The zero-order valence-electron chi connectivity index (χ0n) is 25.4. The summed E-state index contributed by atoms with van der Waals surface area (Å²) in [5.41, 5.74) is 2.86. The molecule has 1 aliphatic heterocycles. The van der Waals surface area contributed by atoms with E-state index in [1.54, 1.807) is 7.11 Å². The van der Waals surface area contributed by atoms with Gasteiger partial charge in [0.2, 0.25) is 5.91 Å². The highest BCUT2D eigenvalue weighted by atomic mass is 32.3. The Kier molecular flexibility index (Phi) is 11.7. The van der Waals surface area contributed by atoms with Crippen molar-refractivity contribution in [3.05, 3.63) is 40.8 Å². The Morgan fingerprint density at radius 1 is 1.14 bits per heavy atom. The number of methoxy groups -OCH3 is 1. The van der Waals surface area contributed by atoms with Gasteiger partial charge in [0.05, 0.1) is 13.2 Å². The molecule has 2 aliphatic rings. The summed E-state index contributed by atoms with van der Waals surface area (Å²) in [6.45, 7) is 8.21. The molecule has 1 saturated heterocycles. The minimum atomic E-state index is -2.60. The molecular weight excluding hydrogens is 572 g/mol. The first-order valence-corrected chi connectivity index (χ1v) is 17.6. The Bertz CT molecular complexity index is 1210. The Labute approximate surface area is 256 Å². The van der Waals surface area contributed by atoms with Gasteiger partial charge in [0, 0.05) is 37.1 Å². The van der Waals surface area contributed by atoms with Crippen LogP contribution in [0.25, 0.3) is 11.1 Å². The molecule has 4 rings (SSSR count). The maximum absolute atomic E-state index is 13.2. The van der Waals surface area contributed by atoms with E-state index < -0.39 is 21.9 Å². The minimum absolute atomic E-state index is 0.188. The van der Waals surface area contributed by atoms with Crippen molar-refractivity contribution in [1.29, 1.82) is 0 Å². The third kappa shape index (κ3) is 8.51. The minimum Gasteiger partial charge on any atom is -0.449 e. The first-order chi connectivity index (χ1) is 20.3. The molecule has 1 aromatic heterocycles. The third-order valence-corrected chi connectivity index (χ3v) is 11.6. The van der Waals surface area contributed by atoms with Gasteiger partial charge in [-0.15, -0.1) is 11.3 Å². The van der Waals surface area contributed by atoms with Crippen molar-refractivity contribution in [3.63, 3.8) is 0 Å². The fourth-order valence-electron chi connectivity index (χ4n) is 5.38. The SMILES string of the molecule is CCCCOC(=O)NS1(c2sc(CC(C)C)cc2-c2ccc(CN(CCOC)C(=O)CC3CCCCC3)cc2)OC1=O. The maximum atomic E-state index is 13.2. The van der Waals surface area contributed by atoms with Gasteiger partial charge in [-0.05, 0) is 54.7 Å².